The van der Waals surface area contributed by atoms with Crippen molar-refractivity contribution in [1.82, 2.24) is 4.90 Å². The molecule has 0 spiro atoms. The summed E-state index contributed by atoms with van der Waals surface area (Å²) in [6.07, 6.45) is 15.1. The molecule has 0 bridgehead atoms. The second kappa shape index (κ2) is 13.7. The number of carbonyl (C=O) groups excluding carboxylic acids is 3. The van der Waals surface area contributed by atoms with E-state index in [0.717, 1.165) is 90.1 Å². The predicted octanol–water partition coefficient (Wildman–Crippen LogP) is 10.1. The van der Waals surface area contributed by atoms with Crippen LogP contribution in [-0.4, -0.2) is 52.8 Å². The average molecular weight is 748 g/mol. The van der Waals surface area contributed by atoms with Crippen molar-refractivity contribution in [2.24, 2.45) is 73.9 Å². The maximum Gasteiger partial charge on any atom is 0.306 e. The zero-order valence-electron chi connectivity index (χ0n) is 35.2. The third kappa shape index (κ3) is 5.90. The zero-order valence-corrected chi connectivity index (χ0v) is 35.2. The molecule has 0 aromatic rings. The summed E-state index contributed by atoms with van der Waals surface area (Å²) in [5.74, 6) is 2.00. The van der Waals surface area contributed by atoms with Crippen LogP contribution in [0.2, 0.25) is 0 Å². The van der Waals surface area contributed by atoms with Gasteiger partial charge in [0.15, 0.2) is 0 Å². The van der Waals surface area contributed by atoms with E-state index in [2.05, 4.69) is 66.9 Å². The van der Waals surface area contributed by atoms with Crippen molar-refractivity contribution >= 4 is 23.6 Å². The van der Waals surface area contributed by atoms with E-state index in [1.165, 1.54) is 18.4 Å². The first kappa shape index (κ1) is 40.0. The van der Waals surface area contributed by atoms with E-state index in [0.29, 0.717) is 47.7 Å². The number of carboxylic acids is 1. The molecule has 1 saturated heterocycles. The number of rotatable bonds is 9. The second-order valence-corrected chi connectivity index (χ2v) is 21.9. The standard InChI is InChI=1S/C47H73NO6/c1-29(2)31-17-22-47(36(49)28-30-27-33(42(30,3)4)41(53)48-25-11-10-12-26-48)24-23-45(8)32(40(31)47)13-14-35-44(7)20-19-37(54-39(52)16-15-38(50)51)43(5,6)34(44)18-21-46(35,45)9/h30-35,37,40H,1,10-28H2,2-9H3,(H,50,51)/t30?,31-,32+,33-,34-,35+,37-,40+,44-,45+,46+,47+/m0/s1. The molecule has 1 heterocycles. The lowest BCUT2D eigenvalue weighted by Gasteiger charge is -2.73. The van der Waals surface area contributed by atoms with Crippen LogP contribution >= 0.6 is 0 Å². The number of ketones is 1. The van der Waals surface area contributed by atoms with Crippen LogP contribution in [0.15, 0.2) is 12.2 Å². The number of piperidine rings is 1. The van der Waals surface area contributed by atoms with Gasteiger partial charge in [0.1, 0.15) is 11.9 Å². The highest BCUT2D eigenvalue weighted by atomic mass is 16.5. The minimum atomic E-state index is -0.966. The van der Waals surface area contributed by atoms with Crippen LogP contribution in [0.1, 0.15) is 165 Å². The second-order valence-electron chi connectivity index (χ2n) is 21.9. The third-order valence-corrected chi connectivity index (χ3v) is 19.2. The van der Waals surface area contributed by atoms with E-state index in [1.54, 1.807) is 0 Å². The Balaban J connectivity index is 1.10. The molecule has 54 heavy (non-hydrogen) atoms. The average Bonchev–Trinajstić information content (AvgIpc) is 3.52. The molecule has 1 N–H and O–H groups in total. The molecule has 1 aliphatic heterocycles. The van der Waals surface area contributed by atoms with Crippen LogP contribution in [0.5, 0.6) is 0 Å². The van der Waals surface area contributed by atoms with E-state index < -0.39 is 5.97 Å². The molecule has 0 aromatic carbocycles. The van der Waals surface area contributed by atoms with Gasteiger partial charge in [0.25, 0.3) is 0 Å². The van der Waals surface area contributed by atoms with Gasteiger partial charge in [0.05, 0.1) is 12.8 Å². The van der Waals surface area contributed by atoms with Crippen molar-refractivity contribution in [2.45, 2.75) is 171 Å². The number of allylic oxidation sites excluding steroid dienone is 1. The summed E-state index contributed by atoms with van der Waals surface area (Å²) in [7, 11) is 0. The minimum Gasteiger partial charge on any atom is -0.481 e. The van der Waals surface area contributed by atoms with Gasteiger partial charge in [-0.05, 0) is 154 Å². The Kier molecular flexibility index (Phi) is 10.2. The number of carbonyl (C=O) groups is 4. The summed E-state index contributed by atoms with van der Waals surface area (Å²) in [5, 5.41) is 9.12. The molecule has 7 aliphatic rings. The highest BCUT2D eigenvalue weighted by Crippen LogP contribution is 2.78. The third-order valence-electron chi connectivity index (χ3n) is 19.2. The molecular formula is C47H73NO6. The Labute approximate surface area is 326 Å². The number of Topliss-reactive ketones (excluding diaryl/α,β-unsaturated/α-hetero) is 1. The van der Waals surface area contributed by atoms with Crippen molar-refractivity contribution in [2.75, 3.05) is 13.1 Å². The molecule has 6 saturated carbocycles. The van der Waals surface area contributed by atoms with Gasteiger partial charge >= 0.3 is 11.9 Å². The largest absolute Gasteiger partial charge is 0.481 e. The van der Waals surface area contributed by atoms with Crippen molar-refractivity contribution in [3.05, 3.63) is 12.2 Å². The Bertz CT molecular complexity index is 1540. The highest BCUT2D eigenvalue weighted by molar-refractivity contribution is 5.87. The first-order chi connectivity index (χ1) is 25.2. The van der Waals surface area contributed by atoms with E-state index >= 15 is 4.79 Å². The molecule has 1 unspecified atom stereocenters. The topological polar surface area (TPSA) is 101 Å². The number of carboxylic acid groups (broad SMARTS) is 1. The Morgan fingerprint density at radius 3 is 2.11 bits per heavy atom. The maximum atomic E-state index is 15.1. The predicted molar refractivity (Wildman–Crippen MR) is 211 cm³/mol. The van der Waals surface area contributed by atoms with E-state index in [1.807, 2.05) is 0 Å². The number of ether oxygens (including phenoxy) is 1. The summed E-state index contributed by atoms with van der Waals surface area (Å²) in [4.78, 5) is 54.7. The molecule has 302 valence electrons. The number of hydrogen-bond donors (Lipinski definition) is 1. The van der Waals surface area contributed by atoms with E-state index in [4.69, 9.17) is 9.84 Å². The highest BCUT2D eigenvalue weighted by Gasteiger charge is 2.72. The summed E-state index contributed by atoms with van der Waals surface area (Å²) < 4.78 is 6.07. The molecule has 0 aromatic heterocycles. The van der Waals surface area contributed by atoms with Crippen LogP contribution < -0.4 is 0 Å². The number of esters is 1. The summed E-state index contributed by atoms with van der Waals surface area (Å²) in [6, 6.07) is 0. The quantitative estimate of drug-likeness (QED) is 0.186. The van der Waals surface area contributed by atoms with Crippen molar-refractivity contribution in [1.29, 1.82) is 0 Å². The molecule has 0 radical (unpaired) electrons. The summed E-state index contributed by atoms with van der Waals surface area (Å²) in [5.41, 5.74) is 1.05. The zero-order chi connectivity index (χ0) is 39.2. The van der Waals surface area contributed by atoms with Crippen molar-refractivity contribution in [3.63, 3.8) is 0 Å². The number of likely N-dealkylation sites (tertiary alicyclic amines) is 1. The van der Waals surface area contributed by atoms with Gasteiger partial charge in [-0.25, -0.2) is 0 Å². The molecule has 6 aliphatic carbocycles. The van der Waals surface area contributed by atoms with Gasteiger partial charge in [0.2, 0.25) is 5.91 Å². The molecule has 7 fully saturated rings. The molecule has 7 rings (SSSR count). The number of fused-ring (bicyclic) bond motifs is 7. The number of aliphatic carboxylic acids is 1. The summed E-state index contributed by atoms with van der Waals surface area (Å²) >= 11 is 0. The van der Waals surface area contributed by atoms with Crippen LogP contribution in [0, 0.1) is 73.9 Å². The minimum absolute atomic E-state index is 0.0406. The Morgan fingerprint density at radius 1 is 0.759 bits per heavy atom. The molecule has 1 amide bonds. The lowest BCUT2D eigenvalue weighted by molar-refractivity contribution is -0.249. The van der Waals surface area contributed by atoms with Crippen LogP contribution in [0.25, 0.3) is 0 Å². The normalized spacial score (nSPS) is 44.7. The van der Waals surface area contributed by atoms with Gasteiger partial charge in [-0.2, -0.15) is 0 Å². The lowest BCUT2D eigenvalue weighted by Crippen LogP contribution is -2.67. The fourth-order valence-electron chi connectivity index (χ4n) is 15.8. The monoisotopic (exact) mass is 748 g/mol. The van der Waals surface area contributed by atoms with Gasteiger partial charge in [-0.15, -0.1) is 0 Å². The van der Waals surface area contributed by atoms with Gasteiger partial charge in [-0.1, -0.05) is 60.6 Å². The Hall–Kier alpha value is -2.18. The smallest absolute Gasteiger partial charge is 0.306 e. The molecular weight excluding hydrogens is 675 g/mol. The van der Waals surface area contributed by atoms with Gasteiger partial charge < -0.3 is 14.7 Å². The number of amides is 1. The van der Waals surface area contributed by atoms with E-state index in [-0.39, 0.29) is 69.2 Å². The first-order valence-electron chi connectivity index (χ1n) is 22.1. The van der Waals surface area contributed by atoms with Crippen molar-refractivity contribution in [3.8, 4) is 0 Å². The lowest BCUT2D eigenvalue weighted by atomic mass is 9.32. The van der Waals surface area contributed by atoms with E-state index in [9.17, 15) is 14.4 Å². The maximum absolute atomic E-state index is 15.1. The van der Waals surface area contributed by atoms with Crippen LogP contribution in [0.3, 0.4) is 0 Å². The van der Waals surface area contributed by atoms with Crippen LogP contribution in [-0.2, 0) is 23.9 Å². The van der Waals surface area contributed by atoms with Crippen LogP contribution in [0.4, 0.5) is 0 Å². The SMILES string of the molecule is C=C(C)[C@@H]1CC[C@]2(C(=O)CC3C[C@@H](C(=O)N4CCCCC4)C3(C)C)CC[C@]3(C)[C@H](CC[C@@H]4[C@@]5(C)CC[C@H](OC(=O)CCC(=O)O)C(C)(C)[C@@H]5CC[C@]43C)[C@@H]12. The Morgan fingerprint density at radius 2 is 1.46 bits per heavy atom. The summed E-state index contributed by atoms with van der Waals surface area (Å²) in [6.45, 7) is 25.5. The van der Waals surface area contributed by atoms with Gasteiger partial charge in [-0.3, -0.25) is 19.2 Å². The number of nitrogens with zero attached hydrogens (tertiary/aromatic N) is 1. The fraction of sp³-hybridized carbons (Fsp3) is 0.872. The molecule has 7 heteroatoms. The first-order valence-corrected chi connectivity index (χ1v) is 22.1. The molecule has 12 atom stereocenters. The van der Waals surface area contributed by atoms with Crippen molar-refractivity contribution < 1.29 is 29.0 Å². The van der Waals surface area contributed by atoms with Gasteiger partial charge in [0, 0.05) is 36.3 Å². The number of hydrogen-bond acceptors (Lipinski definition) is 5. The fourth-order valence-corrected chi connectivity index (χ4v) is 15.8. The molecule has 7 nitrogen and oxygen atoms in total.